The third kappa shape index (κ3) is 8.28. The van der Waals surface area contributed by atoms with Crippen molar-refractivity contribution in [2.24, 2.45) is 11.7 Å². The molecule has 13 nitrogen and oxygen atoms in total. The second-order valence-corrected chi connectivity index (χ2v) is 6.26. The van der Waals surface area contributed by atoms with Crippen LogP contribution >= 0.6 is 0 Å². The van der Waals surface area contributed by atoms with Crippen molar-refractivity contribution in [3.8, 4) is 0 Å². The van der Waals surface area contributed by atoms with Gasteiger partial charge < -0.3 is 42.1 Å². The van der Waals surface area contributed by atoms with Gasteiger partial charge in [0.2, 0.25) is 17.7 Å². The van der Waals surface area contributed by atoms with Crippen molar-refractivity contribution >= 4 is 29.7 Å². The van der Waals surface area contributed by atoms with Gasteiger partial charge in [-0.3, -0.25) is 19.2 Å². The Labute approximate surface area is 160 Å². The van der Waals surface area contributed by atoms with Crippen molar-refractivity contribution in [2.75, 3.05) is 13.2 Å². The van der Waals surface area contributed by atoms with E-state index in [1.807, 2.05) is 5.32 Å². The normalized spacial score (nSPS) is 15.1. The van der Waals surface area contributed by atoms with Crippen molar-refractivity contribution in [2.45, 2.75) is 44.4 Å². The minimum atomic E-state index is -1.69. The molecule has 0 fully saturated rings. The molecule has 0 heterocycles. The summed E-state index contributed by atoms with van der Waals surface area (Å²) in [5.41, 5.74) is 5.36. The number of aliphatic carboxylic acids is 2. The topological polar surface area (TPSA) is 228 Å². The van der Waals surface area contributed by atoms with Gasteiger partial charge in [0.1, 0.15) is 24.2 Å². The number of aliphatic hydroxyl groups excluding tert-OH is 2. The maximum absolute atomic E-state index is 12.4. The van der Waals surface area contributed by atoms with Gasteiger partial charge in [-0.05, 0) is 5.92 Å². The average Bonchev–Trinajstić information content (AvgIpc) is 2.61. The molecule has 4 unspecified atom stereocenters. The molecule has 9 N–H and O–H groups in total. The highest BCUT2D eigenvalue weighted by Crippen LogP contribution is 2.05. The number of nitrogens with one attached hydrogen (secondary N) is 3. The van der Waals surface area contributed by atoms with E-state index in [-0.39, 0.29) is 0 Å². The summed E-state index contributed by atoms with van der Waals surface area (Å²) in [5.74, 6) is -6.39. The molecule has 0 spiro atoms. The van der Waals surface area contributed by atoms with Crippen LogP contribution in [0, 0.1) is 5.92 Å². The molecule has 13 heteroatoms. The highest BCUT2D eigenvalue weighted by molar-refractivity contribution is 5.95. The molecule has 0 saturated heterocycles. The Morgan fingerprint density at radius 3 is 1.75 bits per heavy atom. The lowest BCUT2D eigenvalue weighted by molar-refractivity contribution is -0.144. The zero-order valence-corrected chi connectivity index (χ0v) is 15.4. The summed E-state index contributed by atoms with van der Waals surface area (Å²) < 4.78 is 0. The van der Waals surface area contributed by atoms with Gasteiger partial charge in [0.05, 0.1) is 19.6 Å². The van der Waals surface area contributed by atoms with Crippen LogP contribution in [0.3, 0.4) is 0 Å². The minimum Gasteiger partial charge on any atom is -0.481 e. The molecule has 0 aliphatic heterocycles. The Morgan fingerprint density at radius 1 is 0.821 bits per heavy atom. The van der Waals surface area contributed by atoms with E-state index in [2.05, 4.69) is 10.6 Å². The van der Waals surface area contributed by atoms with Gasteiger partial charge >= 0.3 is 11.9 Å². The van der Waals surface area contributed by atoms with Gasteiger partial charge in [-0.2, -0.15) is 0 Å². The maximum Gasteiger partial charge on any atom is 0.328 e. The smallest absolute Gasteiger partial charge is 0.328 e. The third-order valence-electron chi connectivity index (χ3n) is 3.59. The predicted octanol–water partition coefficient (Wildman–Crippen LogP) is -4.03. The van der Waals surface area contributed by atoms with Gasteiger partial charge in [0.25, 0.3) is 0 Å². The molecule has 0 radical (unpaired) electrons. The van der Waals surface area contributed by atoms with E-state index < -0.39 is 79.4 Å². The molecular formula is C15H26N4O9. The number of carbonyl (C=O) groups excluding carboxylic acids is 3. The maximum atomic E-state index is 12.4. The molecule has 0 aromatic heterocycles. The van der Waals surface area contributed by atoms with Crippen LogP contribution in [-0.2, 0) is 24.0 Å². The van der Waals surface area contributed by atoms with E-state index in [1.165, 1.54) is 0 Å². The lowest BCUT2D eigenvalue weighted by Crippen LogP contribution is -2.59. The van der Waals surface area contributed by atoms with Crippen molar-refractivity contribution in [3.05, 3.63) is 0 Å². The van der Waals surface area contributed by atoms with Crippen LogP contribution in [0.5, 0.6) is 0 Å². The number of hydrogen-bond acceptors (Lipinski definition) is 8. The van der Waals surface area contributed by atoms with Crippen molar-refractivity contribution in [3.63, 3.8) is 0 Å². The first-order valence-corrected chi connectivity index (χ1v) is 8.27. The monoisotopic (exact) mass is 406 g/mol. The first-order valence-electron chi connectivity index (χ1n) is 8.27. The van der Waals surface area contributed by atoms with Gasteiger partial charge in [-0.25, -0.2) is 4.79 Å². The highest BCUT2D eigenvalue weighted by atomic mass is 16.4. The fourth-order valence-corrected chi connectivity index (χ4v) is 1.98. The van der Waals surface area contributed by atoms with E-state index in [1.54, 1.807) is 13.8 Å². The van der Waals surface area contributed by atoms with E-state index in [0.29, 0.717) is 0 Å². The quantitative estimate of drug-likeness (QED) is 0.156. The molecule has 3 amide bonds. The molecule has 160 valence electrons. The molecule has 0 rings (SSSR count). The van der Waals surface area contributed by atoms with Gasteiger partial charge in [-0.15, -0.1) is 0 Å². The lowest BCUT2D eigenvalue weighted by Gasteiger charge is -2.26. The SMILES string of the molecule is CC(C)C(NC(=O)C(N)CO)C(=O)NC(CC(=O)O)C(=O)NC(CO)C(=O)O. The van der Waals surface area contributed by atoms with E-state index in [9.17, 15) is 24.0 Å². The molecule has 0 saturated carbocycles. The Bertz CT molecular complexity index is 596. The fourth-order valence-electron chi connectivity index (χ4n) is 1.98. The van der Waals surface area contributed by atoms with Gasteiger partial charge in [0.15, 0.2) is 0 Å². The van der Waals surface area contributed by atoms with Crippen molar-refractivity contribution < 1.29 is 44.4 Å². The molecule has 0 bridgehead atoms. The lowest BCUT2D eigenvalue weighted by atomic mass is 10.0. The number of carboxylic acid groups (broad SMARTS) is 2. The molecule has 0 aliphatic carbocycles. The second-order valence-electron chi connectivity index (χ2n) is 6.26. The van der Waals surface area contributed by atoms with Gasteiger partial charge in [-0.1, -0.05) is 13.8 Å². The summed E-state index contributed by atoms with van der Waals surface area (Å²) in [6.07, 6.45) is -0.871. The highest BCUT2D eigenvalue weighted by Gasteiger charge is 2.32. The first-order chi connectivity index (χ1) is 12.9. The largest absolute Gasteiger partial charge is 0.481 e. The molecule has 0 aromatic rings. The molecule has 0 aromatic carbocycles. The van der Waals surface area contributed by atoms with Crippen LogP contribution < -0.4 is 21.7 Å². The number of hydrogen-bond donors (Lipinski definition) is 8. The molecule has 0 aliphatic rings. The Morgan fingerprint density at radius 2 is 1.36 bits per heavy atom. The number of carboxylic acids is 2. The molecule has 4 atom stereocenters. The van der Waals surface area contributed by atoms with Crippen LogP contribution in [0.4, 0.5) is 0 Å². The summed E-state index contributed by atoms with van der Waals surface area (Å²) in [7, 11) is 0. The number of carbonyl (C=O) groups is 5. The van der Waals surface area contributed by atoms with Crippen LogP contribution in [0.2, 0.25) is 0 Å². The molecular weight excluding hydrogens is 380 g/mol. The second kappa shape index (κ2) is 11.8. The van der Waals surface area contributed by atoms with Gasteiger partial charge in [0, 0.05) is 0 Å². The van der Waals surface area contributed by atoms with Crippen molar-refractivity contribution in [1.82, 2.24) is 16.0 Å². The van der Waals surface area contributed by atoms with Crippen LogP contribution in [-0.4, -0.2) is 87.5 Å². The summed E-state index contributed by atoms with van der Waals surface area (Å²) in [4.78, 5) is 58.3. The minimum absolute atomic E-state index is 0.493. The zero-order chi connectivity index (χ0) is 22.0. The van der Waals surface area contributed by atoms with Crippen LogP contribution in [0.1, 0.15) is 20.3 Å². The van der Waals surface area contributed by atoms with E-state index >= 15 is 0 Å². The summed E-state index contributed by atoms with van der Waals surface area (Å²) in [6.45, 7) is 1.51. The zero-order valence-electron chi connectivity index (χ0n) is 15.4. The summed E-state index contributed by atoms with van der Waals surface area (Å²) in [6, 6.07) is -5.85. The summed E-state index contributed by atoms with van der Waals surface area (Å²) >= 11 is 0. The van der Waals surface area contributed by atoms with E-state index in [4.69, 9.17) is 26.2 Å². The van der Waals surface area contributed by atoms with E-state index in [0.717, 1.165) is 0 Å². The standard InChI is InChI=1S/C15H26N4O9/c1-6(2)11(19-12(24)7(16)4-20)14(26)17-8(3-10(22)23)13(25)18-9(5-21)15(27)28/h6-9,11,20-21H,3-5,16H2,1-2H3,(H,17,26)(H,18,25)(H,19,24)(H,22,23)(H,27,28). The first kappa shape index (κ1) is 25.2. The summed E-state index contributed by atoms with van der Waals surface area (Å²) in [5, 5.41) is 41.9. The number of nitrogens with two attached hydrogens (primary N) is 1. The van der Waals surface area contributed by atoms with Crippen molar-refractivity contribution in [1.29, 1.82) is 0 Å². The fraction of sp³-hybridized carbons (Fsp3) is 0.667. The van der Waals surface area contributed by atoms with Crippen LogP contribution in [0.25, 0.3) is 0 Å². The van der Waals surface area contributed by atoms with Crippen LogP contribution in [0.15, 0.2) is 0 Å². The number of rotatable bonds is 12. The predicted molar refractivity (Wildman–Crippen MR) is 92.7 cm³/mol. The Kier molecular flexibility index (Phi) is 10.7. The Hall–Kier alpha value is -2.77. The number of aliphatic hydroxyl groups is 2. The average molecular weight is 406 g/mol. The Balaban J connectivity index is 5.34. The third-order valence-corrected chi connectivity index (χ3v) is 3.59. The number of amides is 3. The molecule has 28 heavy (non-hydrogen) atoms.